The van der Waals surface area contributed by atoms with Gasteiger partial charge in [0.1, 0.15) is 11.6 Å². The first-order chi connectivity index (χ1) is 9.54. The minimum Gasteiger partial charge on any atom is -0.469 e. The third-order valence-electron chi connectivity index (χ3n) is 3.60. The average Bonchev–Trinajstić information content (AvgIpc) is 2.83. The number of rotatable bonds is 5. The molecule has 1 atom stereocenters. The van der Waals surface area contributed by atoms with E-state index < -0.39 is 0 Å². The zero-order chi connectivity index (χ0) is 14.7. The van der Waals surface area contributed by atoms with Crippen molar-refractivity contribution in [3.63, 3.8) is 0 Å². The highest BCUT2D eigenvalue weighted by atomic mass is 19.1. The highest BCUT2D eigenvalue weighted by molar-refractivity contribution is 5.38. The maximum absolute atomic E-state index is 13.8. The molecule has 1 aromatic carbocycles. The van der Waals surface area contributed by atoms with Crippen LogP contribution in [0.5, 0.6) is 0 Å². The van der Waals surface area contributed by atoms with Gasteiger partial charge in [-0.1, -0.05) is 19.1 Å². The van der Waals surface area contributed by atoms with Gasteiger partial charge in [0, 0.05) is 5.56 Å². The van der Waals surface area contributed by atoms with Crippen molar-refractivity contribution in [2.24, 2.45) is 0 Å². The molecule has 2 rings (SSSR count). The Morgan fingerprint density at radius 3 is 2.35 bits per heavy atom. The van der Waals surface area contributed by atoms with E-state index in [2.05, 4.69) is 12.2 Å². The maximum atomic E-state index is 13.8. The molecule has 2 nitrogen and oxygen atoms in total. The molecule has 20 heavy (non-hydrogen) atoms. The SMILES string of the molecule is CCCNC(c1cc(C)c(F)c(C)c1)c1ccoc1C. The monoisotopic (exact) mass is 275 g/mol. The van der Waals surface area contributed by atoms with Crippen molar-refractivity contribution in [2.45, 2.75) is 40.2 Å². The summed E-state index contributed by atoms with van der Waals surface area (Å²) in [5, 5.41) is 3.52. The predicted molar refractivity (Wildman–Crippen MR) is 79.5 cm³/mol. The van der Waals surface area contributed by atoms with Crippen LogP contribution in [0.1, 0.15) is 47.4 Å². The molecule has 3 heteroatoms. The van der Waals surface area contributed by atoms with Gasteiger partial charge in [0.2, 0.25) is 0 Å². The first kappa shape index (κ1) is 14.8. The van der Waals surface area contributed by atoms with Gasteiger partial charge in [-0.15, -0.1) is 0 Å². The van der Waals surface area contributed by atoms with E-state index in [0.29, 0.717) is 11.1 Å². The Morgan fingerprint density at radius 1 is 1.20 bits per heavy atom. The molecule has 0 radical (unpaired) electrons. The summed E-state index contributed by atoms with van der Waals surface area (Å²) in [6, 6.07) is 5.87. The van der Waals surface area contributed by atoms with E-state index in [0.717, 1.165) is 29.9 Å². The van der Waals surface area contributed by atoms with Crippen LogP contribution >= 0.6 is 0 Å². The molecule has 1 N–H and O–H groups in total. The molecule has 0 aliphatic rings. The molecule has 0 aliphatic heterocycles. The standard InChI is InChI=1S/C17H22FNO/c1-5-7-19-17(15-6-8-20-13(15)4)14-9-11(2)16(18)12(3)10-14/h6,8-10,17,19H,5,7H2,1-4H3. The fourth-order valence-electron chi connectivity index (χ4n) is 2.54. The molecule has 1 aromatic heterocycles. The van der Waals surface area contributed by atoms with Crippen LogP contribution in [0.25, 0.3) is 0 Å². The zero-order valence-corrected chi connectivity index (χ0v) is 12.6. The Hall–Kier alpha value is -1.61. The number of halogens is 1. The van der Waals surface area contributed by atoms with Gasteiger partial charge >= 0.3 is 0 Å². The summed E-state index contributed by atoms with van der Waals surface area (Å²) >= 11 is 0. The normalized spacial score (nSPS) is 12.7. The second-order valence-electron chi connectivity index (χ2n) is 5.29. The Morgan fingerprint density at radius 2 is 1.85 bits per heavy atom. The van der Waals surface area contributed by atoms with E-state index in [1.54, 1.807) is 6.26 Å². The molecule has 0 bridgehead atoms. The molecule has 108 valence electrons. The van der Waals surface area contributed by atoms with Gasteiger partial charge in [0.05, 0.1) is 12.3 Å². The molecule has 0 spiro atoms. The second-order valence-corrected chi connectivity index (χ2v) is 5.29. The van der Waals surface area contributed by atoms with Gasteiger partial charge in [-0.2, -0.15) is 0 Å². The van der Waals surface area contributed by atoms with E-state index in [1.807, 2.05) is 39.0 Å². The fraction of sp³-hybridized carbons (Fsp3) is 0.412. The number of hydrogen-bond acceptors (Lipinski definition) is 2. The largest absolute Gasteiger partial charge is 0.469 e. The van der Waals surface area contributed by atoms with Crippen molar-refractivity contribution in [3.05, 3.63) is 58.3 Å². The summed E-state index contributed by atoms with van der Waals surface area (Å²) in [5.74, 6) is 0.783. The number of benzene rings is 1. The molecule has 1 heterocycles. The molecule has 0 aliphatic carbocycles. The predicted octanol–water partition coefficient (Wildman–Crippen LogP) is 4.43. The molecule has 0 saturated carbocycles. The van der Waals surface area contributed by atoms with E-state index in [4.69, 9.17) is 4.42 Å². The molecule has 1 unspecified atom stereocenters. The molecule has 0 amide bonds. The minimum absolute atomic E-state index is 0.0479. The molecular weight excluding hydrogens is 253 g/mol. The number of aryl methyl sites for hydroxylation is 3. The van der Waals surface area contributed by atoms with Crippen LogP contribution in [0, 0.1) is 26.6 Å². The number of furan rings is 1. The Balaban J connectivity index is 2.44. The summed E-state index contributed by atoms with van der Waals surface area (Å²) in [6.45, 7) is 8.62. The van der Waals surface area contributed by atoms with Crippen molar-refractivity contribution in [2.75, 3.05) is 6.54 Å². The third kappa shape index (κ3) is 2.93. The lowest BCUT2D eigenvalue weighted by atomic mass is 9.95. The van der Waals surface area contributed by atoms with E-state index >= 15 is 0 Å². The lowest BCUT2D eigenvalue weighted by Gasteiger charge is -2.20. The molecule has 2 aromatic rings. The minimum atomic E-state index is -0.119. The lowest BCUT2D eigenvalue weighted by Crippen LogP contribution is -2.23. The fourth-order valence-corrected chi connectivity index (χ4v) is 2.54. The highest BCUT2D eigenvalue weighted by Crippen LogP contribution is 2.28. The van der Waals surface area contributed by atoms with Gasteiger partial charge in [-0.25, -0.2) is 4.39 Å². The maximum Gasteiger partial charge on any atom is 0.129 e. The van der Waals surface area contributed by atoms with Crippen LogP contribution in [0.3, 0.4) is 0 Å². The van der Waals surface area contributed by atoms with Crippen molar-refractivity contribution < 1.29 is 8.81 Å². The van der Waals surface area contributed by atoms with Crippen molar-refractivity contribution in [3.8, 4) is 0 Å². The van der Waals surface area contributed by atoms with Gasteiger partial charge < -0.3 is 9.73 Å². The van der Waals surface area contributed by atoms with Gasteiger partial charge in [-0.3, -0.25) is 0 Å². The summed E-state index contributed by atoms with van der Waals surface area (Å²) in [5.41, 5.74) is 3.57. The lowest BCUT2D eigenvalue weighted by molar-refractivity contribution is 0.516. The van der Waals surface area contributed by atoms with E-state index in [-0.39, 0.29) is 11.9 Å². The summed E-state index contributed by atoms with van der Waals surface area (Å²) < 4.78 is 19.2. The zero-order valence-electron chi connectivity index (χ0n) is 12.6. The molecule has 0 saturated heterocycles. The Bertz CT molecular complexity index is 565. The topological polar surface area (TPSA) is 25.2 Å². The van der Waals surface area contributed by atoms with Crippen molar-refractivity contribution in [1.29, 1.82) is 0 Å². The quantitative estimate of drug-likeness (QED) is 0.873. The number of hydrogen-bond donors (Lipinski definition) is 1. The average molecular weight is 275 g/mol. The van der Waals surface area contributed by atoms with Crippen LogP contribution in [0.4, 0.5) is 4.39 Å². The van der Waals surface area contributed by atoms with E-state index in [1.165, 1.54) is 0 Å². The van der Waals surface area contributed by atoms with Crippen LogP contribution in [0.2, 0.25) is 0 Å². The first-order valence-corrected chi connectivity index (χ1v) is 7.08. The summed E-state index contributed by atoms with van der Waals surface area (Å²) in [7, 11) is 0. The Kier molecular flexibility index (Phi) is 4.61. The van der Waals surface area contributed by atoms with Crippen molar-refractivity contribution in [1.82, 2.24) is 5.32 Å². The second kappa shape index (κ2) is 6.23. The van der Waals surface area contributed by atoms with Gasteiger partial charge in [0.25, 0.3) is 0 Å². The van der Waals surface area contributed by atoms with Crippen LogP contribution in [-0.2, 0) is 0 Å². The third-order valence-corrected chi connectivity index (χ3v) is 3.60. The number of nitrogens with one attached hydrogen (secondary N) is 1. The van der Waals surface area contributed by atoms with Gasteiger partial charge in [0.15, 0.2) is 0 Å². The van der Waals surface area contributed by atoms with Crippen LogP contribution in [-0.4, -0.2) is 6.54 Å². The highest BCUT2D eigenvalue weighted by Gasteiger charge is 2.19. The summed E-state index contributed by atoms with van der Waals surface area (Å²) in [6.07, 6.45) is 2.75. The van der Waals surface area contributed by atoms with Crippen LogP contribution < -0.4 is 5.32 Å². The van der Waals surface area contributed by atoms with Gasteiger partial charge in [-0.05, 0) is 56.5 Å². The van der Waals surface area contributed by atoms with E-state index in [9.17, 15) is 4.39 Å². The molecule has 0 fully saturated rings. The smallest absolute Gasteiger partial charge is 0.129 e. The Labute approximate surface area is 120 Å². The first-order valence-electron chi connectivity index (χ1n) is 7.08. The van der Waals surface area contributed by atoms with Crippen molar-refractivity contribution >= 4 is 0 Å². The molecular formula is C17H22FNO. The van der Waals surface area contributed by atoms with Crippen LogP contribution in [0.15, 0.2) is 28.9 Å². The summed E-state index contributed by atoms with van der Waals surface area (Å²) in [4.78, 5) is 0.